The van der Waals surface area contributed by atoms with Gasteiger partial charge < -0.3 is 9.47 Å². The first-order chi connectivity index (χ1) is 13.9. The van der Waals surface area contributed by atoms with Crippen molar-refractivity contribution in [2.45, 2.75) is 58.3 Å². The summed E-state index contributed by atoms with van der Waals surface area (Å²) in [5.41, 5.74) is 2.13. The van der Waals surface area contributed by atoms with Gasteiger partial charge in [0.2, 0.25) is 0 Å². The van der Waals surface area contributed by atoms with Crippen molar-refractivity contribution in [3.63, 3.8) is 0 Å². The van der Waals surface area contributed by atoms with Crippen molar-refractivity contribution in [3.05, 3.63) is 49.3 Å². The number of carbonyl (C=O) groups is 2. The third kappa shape index (κ3) is 3.98. The molecule has 0 radical (unpaired) electrons. The zero-order valence-electron chi connectivity index (χ0n) is 16.6. The SMILES string of the molecule is CC(C)COc1c(Br)cc(Br)cc1C1C2=C(CCCC2=O)OC2=C1C(=O)CCC2. The first-order valence-corrected chi connectivity index (χ1v) is 11.8. The van der Waals surface area contributed by atoms with Crippen LogP contribution in [0.3, 0.4) is 0 Å². The molecule has 0 saturated carbocycles. The van der Waals surface area contributed by atoms with Crippen molar-refractivity contribution < 1.29 is 19.1 Å². The summed E-state index contributed by atoms with van der Waals surface area (Å²) >= 11 is 7.21. The molecule has 29 heavy (non-hydrogen) atoms. The molecule has 0 bridgehead atoms. The molecule has 2 aliphatic carbocycles. The van der Waals surface area contributed by atoms with Crippen LogP contribution in [0.15, 0.2) is 43.7 Å². The van der Waals surface area contributed by atoms with E-state index in [0.717, 1.165) is 51.7 Å². The normalized spacial score (nSPS) is 20.0. The van der Waals surface area contributed by atoms with E-state index in [2.05, 4.69) is 45.7 Å². The summed E-state index contributed by atoms with van der Waals surface area (Å²) in [5.74, 6) is 2.26. The second-order valence-corrected chi connectivity index (χ2v) is 10.0. The van der Waals surface area contributed by atoms with Crippen LogP contribution in [0.1, 0.15) is 63.9 Å². The lowest BCUT2D eigenvalue weighted by atomic mass is 9.73. The Morgan fingerprint density at radius 2 is 1.59 bits per heavy atom. The fourth-order valence-electron chi connectivity index (χ4n) is 4.33. The molecule has 154 valence electrons. The van der Waals surface area contributed by atoms with Gasteiger partial charge in [-0.25, -0.2) is 0 Å². The van der Waals surface area contributed by atoms with Gasteiger partial charge in [0.1, 0.15) is 17.3 Å². The number of halogens is 2. The van der Waals surface area contributed by atoms with E-state index in [9.17, 15) is 9.59 Å². The molecule has 1 aromatic carbocycles. The van der Waals surface area contributed by atoms with Gasteiger partial charge in [-0.1, -0.05) is 29.8 Å². The minimum absolute atomic E-state index is 0.0760. The van der Waals surface area contributed by atoms with Gasteiger partial charge in [0.25, 0.3) is 0 Å². The van der Waals surface area contributed by atoms with Crippen LogP contribution in [0.25, 0.3) is 0 Å². The minimum atomic E-state index is -0.426. The van der Waals surface area contributed by atoms with E-state index in [1.54, 1.807) is 0 Å². The smallest absolute Gasteiger partial charge is 0.163 e. The van der Waals surface area contributed by atoms with E-state index in [1.807, 2.05) is 12.1 Å². The van der Waals surface area contributed by atoms with Crippen LogP contribution in [0.2, 0.25) is 0 Å². The number of hydrogen-bond acceptors (Lipinski definition) is 4. The zero-order valence-corrected chi connectivity index (χ0v) is 19.8. The quantitative estimate of drug-likeness (QED) is 0.459. The summed E-state index contributed by atoms with van der Waals surface area (Å²) in [4.78, 5) is 26.0. The minimum Gasteiger partial charge on any atom is -0.492 e. The number of hydrogen-bond donors (Lipinski definition) is 0. The summed E-state index contributed by atoms with van der Waals surface area (Å²) in [5, 5.41) is 0. The molecule has 0 spiro atoms. The Kier molecular flexibility index (Phi) is 6.03. The van der Waals surface area contributed by atoms with E-state index in [-0.39, 0.29) is 11.6 Å². The van der Waals surface area contributed by atoms with Crippen LogP contribution in [0, 0.1) is 5.92 Å². The third-order valence-corrected chi connectivity index (χ3v) is 6.60. The molecule has 0 N–H and O–H groups in total. The molecule has 3 aliphatic rings. The van der Waals surface area contributed by atoms with Gasteiger partial charge in [-0.3, -0.25) is 9.59 Å². The van der Waals surface area contributed by atoms with Crippen molar-refractivity contribution in [1.82, 2.24) is 0 Å². The highest BCUT2D eigenvalue weighted by Crippen LogP contribution is 2.51. The summed E-state index contributed by atoms with van der Waals surface area (Å²) in [6, 6.07) is 3.92. The molecule has 0 aromatic heterocycles. The zero-order chi connectivity index (χ0) is 20.7. The Morgan fingerprint density at radius 1 is 1.00 bits per heavy atom. The Balaban J connectivity index is 1.93. The molecule has 1 aliphatic heterocycles. The summed E-state index contributed by atoms with van der Waals surface area (Å²) < 4.78 is 14.0. The van der Waals surface area contributed by atoms with Gasteiger partial charge >= 0.3 is 0 Å². The lowest BCUT2D eigenvalue weighted by Gasteiger charge is -2.36. The van der Waals surface area contributed by atoms with E-state index in [0.29, 0.717) is 42.3 Å². The van der Waals surface area contributed by atoms with Gasteiger partial charge in [-0.15, -0.1) is 0 Å². The first-order valence-electron chi connectivity index (χ1n) is 10.2. The highest BCUT2D eigenvalue weighted by atomic mass is 79.9. The van der Waals surface area contributed by atoms with Crippen LogP contribution >= 0.6 is 31.9 Å². The number of benzene rings is 1. The molecule has 0 saturated heterocycles. The van der Waals surface area contributed by atoms with Gasteiger partial charge in [0.15, 0.2) is 11.6 Å². The first kappa shape index (κ1) is 20.9. The van der Waals surface area contributed by atoms with E-state index >= 15 is 0 Å². The Morgan fingerprint density at radius 3 is 2.14 bits per heavy atom. The number of Topliss-reactive ketones (excluding diaryl/α,β-unsaturated/α-hetero) is 2. The lowest BCUT2D eigenvalue weighted by Crippen LogP contribution is -2.30. The fourth-order valence-corrected chi connectivity index (χ4v) is 5.70. The standard InChI is InChI=1S/C23H24Br2O4/c1-12(2)11-28-23-14(9-13(24)10-15(23)25)20-21-16(26)5-3-7-18(21)29-19-8-4-6-17(27)22(19)20/h9-10,12,20H,3-8,11H2,1-2H3. The predicted octanol–water partition coefficient (Wildman–Crippen LogP) is 6.37. The Bertz CT molecular complexity index is 900. The number of carbonyl (C=O) groups excluding carboxylic acids is 2. The molecule has 1 heterocycles. The second-order valence-electron chi connectivity index (χ2n) is 8.27. The second kappa shape index (κ2) is 8.38. The molecular formula is C23H24Br2O4. The highest BCUT2D eigenvalue weighted by Gasteiger charge is 2.43. The van der Waals surface area contributed by atoms with Crippen molar-refractivity contribution in [2.24, 2.45) is 5.92 Å². The van der Waals surface area contributed by atoms with Gasteiger partial charge in [-0.05, 0) is 46.8 Å². The van der Waals surface area contributed by atoms with Crippen LogP contribution < -0.4 is 4.74 Å². The lowest BCUT2D eigenvalue weighted by molar-refractivity contribution is -0.117. The maximum absolute atomic E-state index is 13.0. The molecule has 0 atom stereocenters. The van der Waals surface area contributed by atoms with E-state index < -0.39 is 5.92 Å². The van der Waals surface area contributed by atoms with E-state index in [4.69, 9.17) is 9.47 Å². The van der Waals surface area contributed by atoms with E-state index in [1.165, 1.54) is 0 Å². The maximum atomic E-state index is 13.0. The maximum Gasteiger partial charge on any atom is 0.163 e. The van der Waals surface area contributed by atoms with Gasteiger partial charge in [0, 0.05) is 46.9 Å². The Labute approximate surface area is 188 Å². The molecule has 0 unspecified atom stereocenters. The van der Waals surface area contributed by atoms with Gasteiger partial charge in [0.05, 0.1) is 17.0 Å². The molecule has 1 aromatic rings. The Hall–Kier alpha value is -1.40. The van der Waals surface area contributed by atoms with Crippen molar-refractivity contribution >= 4 is 43.4 Å². The summed E-state index contributed by atoms with van der Waals surface area (Å²) in [7, 11) is 0. The average molecular weight is 524 g/mol. The number of allylic oxidation sites excluding steroid dienone is 4. The van der Waals surface area contributed by atoms with Crippen molar-refractivity contribution in [2.75, 3.05) is 6.61 Å². The number of ketones is 2. The molecule has 0 fully saturated rings. The molecule has 4 nitrogen and oxygen atoms in total. The van der Waals surface area contributed by atoms with Crippen molar-refractivity contribution in [3.8, 4) is 5.75 Å². The molecule has 0 amide bonds. The molecule has 4 rings (SSSR count). The van der Waals surface area contributed by atoms with Crippen LogP contribution in [-0.2, 0) is 14.3 Å². The predicted molar refractivity (Wildman–Crippen MR) is 118 cm³/mol. The topological polar surface area (TPSA) is 52.6 Å². The molecular weight excluding hydrogens is 500 g/mol. The number of rotatable bonds is 4. The van der Waals surface area contributed by atoms with Crippen LogP contribution in [0.4, 0.5) is 0 Å². The van der Waals surface area contributed by atoms with Crippen LogP contribution in [-0.4, -0.2) is 18.2 Å². The van der Waals surface area contributed by atoms with Crippen molar-refractivity contribution in [1.29, 1.82) is 0 Å². The van der Waals surface area contributed by atoms with Crippen LogP contribution in [0.5, 0.6) is 5.75 Å². The van der Waals surface area contributed by atoms with Gasteiger partial charge in [-0.2, -0.15) is 0 Å². The monoisotopic (exact) mass is 522 g/mol. The third-order valence-electron chi connectivity index (χ3n) is 5.55. The number of ether oxygens (including phenoxy) is 2. The summed E-state index contributed by atoms with van der Waals surface area (Å²) in [6.45, 7) is 4.74. The largest absolute Gasteiger partial charge is 0.492 e. The average Bonchev–Trinajstić information content (AvgIpc) is 2.65. The highest BCUT2D eigenvalue weighted by molar-refractivity contribution is 9.11. The molecule has 6 heteroatoms. The summed E-state index contributed by atoms with van der Waals surface area (Å²) in [6.07, 6.45) is 4.04. The fraction of sp³-hybridized carbons (Fsp3) is 0.478.